The lowest BCUT2D eigenvalue weighted by atomic mass is 9.69. The van der Waals surface area contributed by atoms with E-state index in [0.29, 0.717) is 40.1 Å². The Labute approximate surface area is 220 Å². The van der Waals surface area contributed by atoms with E-state index in [-0.39, 0.29) is 17.1 Å². The Morgan fingerprint density at radius 1 is 1.11 bits per heavy atom. The topological polar surface area (TPSA) is 83.8 Å². The van der Waals surface area contributed by atoms with Crippen LogP contribution in [-0.2, 0) is 6.54 Å². The molecule has 4 aromatic rings. The number of rotatable bonds is 6. The quantitative estimate of drug-likeness (QED) is 0.372. The summed E-state index contributed by atoms with van der Waals surface area (Å²) in [4.78, 5) is 19.9. The zero-order valence-electron chi connectivity index (χ0n) is 22.1. The highest BCUT2D eigenvalue weighted by Gasteiger charge is 2.49. The normalized spacial score (nSPS) is 21.5. The van der Waals surface area contributed by atoms with Crippen molar-refractivity contribution in [1.29, 1.82) is 0 Å². The predicted molar refractivity (Wildman–Crippen MR) is 143 cm³/mol. The average molecular weight is 519 g/mol. The molecule has 0 radical (unpaired) electrons. The van der Waals surface area contributed by atoms with Gasteiger partial charge in [0.05, 0.1) is 11.7 Å². The van der Waals surface area contributed by atoms with Gasteiger partial charge in [0.2, 0.25) is 5.95 Å². The number of nitrogens with one attached hydrogen (secondary N) is 2. The first kappa shape index (κ1) is 24.8. The lowest BCUT2D eigenvalue weighted by Gasteiger charge is -2.58. The van der Waals surface area contributed by atoms with Crippen LogP contribution < -0.4 is 10.6 Å². The smallest absolute Gasteiger partial charge is 0.228 e. The van der Waals surface area contributed by atoms with Crippen LogP contribution >= 0.6 is 0 Å². The molecule has 3 aromatic heterocycles. The van der Waals surface area contributed by atoms with Crippen LogP contribution in [0, 0.1) is 24.0 Å². The number of anilines is 2. The Bertz CT molecular complexity index is 1500. The van der Waals surface area contributed by atoms with Crippen molar-refractivity contribution in [2.24, 2.45) is 5.41 Å². The van der Waals surface area contributed by atoms with Crippen LogP contribution in [0.2, 0.25) is 0 Å². The summed E-state index contributed by atoms with van der Waals surface area (Å²) in [6.45, 7) is 12.2. The SMILES string of the molecule is Cc1nc2c(F)cc(-c3cc(Nc4ncc(CN5C[C@@]6(C)CNCC[C@@H]56)cn4)ncc3F)cc2n1C(C)C. The molecule has 8 nitrogen and oxygen atoms in total. The molecule has 0 saturated carbocycles. The third-order valence-electron chi connectivity index (χ3n) is 7.87. The van der Waals surface area contributed by atoms with Gasteiger partial charge in [0.25, 0.3) is 0 Å². The van der Waals surface area contributed by atoms with Gasteiger partial charge in [-0.2, -0.15) is 0 Å². The van der Waals surface area contributed by atoms with Gasteiger partial charge in [-0.25, -0.2) is 28.7 Å². The Morgan fingerprint density at radius 2 is 1.89 bits per heavy atom. The number of hydrogen-bond acceptors (Lipinski definition) is 7. The van der Waals surface area contributed by atoms with Crippen LogP contribution in [0.3, 0.4) is 0 Å². The number of likely N-dealkylation sites (tertiary alicyclic amines) is 1. The number of imidazole rings is 1. The molecule has 1 aromatic carbocycles. The van der Waals surface area contributed by atoms with Gasteiger partial charge in [-0.15, -0.1) is 0 Å². The van der Waals surface area contributed by atoms with Crippen LogP contribution in [-0.4, -0.2) is 55.1 Å². The summed E-state index contributed by atoms with van der Waals surface area (Å²) in [5, 5.41) is 6.55. The Morgan fingerprint density at radius 3 is 2.63 bits per heavy atom. The second-order valence-corrected chi connectivity index (χ2v) is 11.1. The van der Waals surface area contributed by atoms with Crippen LogP contribution in [0.25, 0.3) is 22.2 Å². The number of piperidine rings is 1. The van der Waals surface area contributed by atoms with E-state index in [0.717, 1.165) is 44.4 Å². The fourth-order valence-corrected chi connectivity index (χ4v) is 6.15. The molecule has 5 heterocycles. The molecular formula is C28H32F2N8. The van der Waals surface area contributed by atoms with Gasteiger partial charge in [-0.1, -0.05) is 6.92 Å². The summed E-state index contributed by atoms with van der Waals surface area (Å²) in [5.41, 5.74) is 2.96. The zero-order valence-corrected chi connectivity index (χ0v) is 22.1. The van der Waals surface area contributed by atoms with E-state index >= 15 is 0 Å². The second-order valence-electron chi connectivity index (χ2n) is 11.1. The minimum Gasteiger partial charge on any atom is -0.326 e. The van der Waals surface area contributed by atoms with Crippen molar-refractivity contribution in [3.8, 4) is 11.1 Å². The number of aromatic nitrogens is 5. The molecule has 2 aliphatic rings. The standard InChI is InChI=1S/C28H32F2N8/c1-16(2)38-17(3)35-26-21(29)7-19(8-23(26)38)20-9-25(32-12-22(20)30)36-27-33-10-18(11-34-27)13-37-15-28(4)14-31-6-5-24(28)37/h7-12,16,24,31H,5-6,13-15H2,1-4H3,(H,32,33,34,36)/t24-,28-/m1/s1. The van der Waals surface area contributed by atoms with Gasteiger partial charge in [0.1, 0.15) is 23.0 Å². The van der Waals surface area contributed by atoms with Crippen molar-refractivity contribution in [1.82, 2.24) is 34.7 Å². The van der Waals surface area contributed by atoms with Gasteiger partial charge in [-0.05, 0) is 57.5 Å². The number of fused-ring (bicyclic) bond motifs is 2. The molecule has 2 fully saturated rings. The first-order chi connectivity index (χ1) is 18.2. The van der Waals surface area contributed by atoms with E-state index in [9.17, 15) is 8.78 Å². The molecule has 0 spiro atoms. The van der Waals surface area contributed by atoms with Crippen LogP contribution in [0.4, 0.5) is 20.5 Å². The fraction of sp³-hybridized carbons (Fsp3) is 0.429. The Balaban J connectivity index is 1.21. The highest BCUT2D eigenvalue weighted by molar-refractivity contribution is 5.84. The maximum absolute atomic E-state index is 15.0. The van der Waals surface area contributed by atoms with Crippen molar-refractivity contribution < 1.29 is 8.78 Å². The molecule has 10 heteroatoms. The van der Waals surface area contributed by atoms with E-state index in [2.05, 4.69) is 42.4 Å². The van der Waals surface area contributed by atoms with Gasteiger partial charge in [0.15, 0.2) is 5.82 Å². The maximum Gasteiger partial charge on any atom is 0.228 e. The van der Waals surface area contributed by atoms with Crippen LogP contribution in [0.5, 0.6) is 0 Å². The van der Waals surface area contributed by atoms with E-state index in [1.807, 2.05) is 37.7 Å². The van der Waals surface area contributed by atoms with Crippen LogP contribution in [0.1, 0.15) is 44.6 Å². The van der Waals surface area contributed by atoms with Gasteiger partial charge in [-0.3, -0.25) is 4.90 Å². The molecule has 38 heavy (non-hydrogen) atoms. The first-order valence-corrected chi connectivity index (χ1v) is 13.1. The molecule has 2 aliphatic heterocycles. The molecule has 2 atom stereocenters. The lowest BCUT2D eigenvalue weighted by molar-refractivity contribution is -0.0852. The maximum atomic E-state index is 15.0. The van der Waals surface area contributed by atoms with E-state index in [1.165, 1.54) is 6.07 Å². The Hall–Kier alpha value is -3.50. The van der Waals surface area contributed by atoms with Crippen molar-refractivity contribution >= 4 is 22.8 Å². The molecule has 6 rings (SSSR count). The zero-order chi connectivity index (χ0) is 26.6. The number of aryl methyl sites for hydroxylation is 1. The predicted octanol–water partition coefficient (Wildman–Crippen LogP) is 4.98. The van der Waals surface area contributed by atoms with Crippen molar-refractivity contribution in [3.05, 3.63) is 59.8 Å². The molecule has 2 N–H and O–H groups in total. The highest BCUT2D eigenvalue weighted by Crippen LogP contribution is 2.41. The summed E-state index contributed by atoms with van der Waals surface area (Å²) >= 11 is 0. The molecule has 0 amide bonds. The van der Waals surface area contributed by atoms with Crippen molar-refractivity contribution in [3.63, 3.8) is 0 Å². The molecule has 198 valence electrons. The number of benzene rings is 1. The number of halogens is 2. The summed E-state index contributed by atoms with van der Waals surface area (Å²) in [7, 11) is 0. The third-order valence-corrected chi connectivity index (χ3v) is 7.87. The van der Waals surface area contributed by atoms with Gasteiger partial charge in [0, 0.05) is 60.7 Å². The largest absolute Gasteiger partial charge is 0.326 e. The lowest BCUT2D eigenvalue weighted by Crippen LogP contribution is -2.69. The second kappa shape index (κ2) is 9.36. The van der Waals surface area contributed by atoms with Crippen LogP contribution in [0.15, 0.2) is 36.8 Å². The summed E-state index contributed by atoms with van der Waals surface area (Å²) in [6.07, 6.45) is 5.91. The summed E-state index contributed by atoms with van der Waals surface area (Å²) in [6, 6.07) is 5.31. The van der Waals surface area contributed by atoms with E-state index in [4.69, 9.17) is 0 Å². The molecule has 0 aliphatic carbocycles. The number of nitrogens with zero attached hydrogens (tertiary/aromatic N) is 6. The van der Waals surface area contributed by atoms with Gasteiger partial charge < -0.3 is 15.2 Å². The number of pyridine rings is 1. The Kier molecular flexibility index (Phi) is 6.11. The summed E-state index contributed by atoms with van der Waals surface area (Å²) in [5.74, 6) is 0.415. The molecular weight excluding hydrogens is 486 g/mol. The van der Waals surface area contributed by atoms with E-state index < -0.39 is 11.6 Å². The average Bonchev–Trinajstić information content (AvgIpc) is 3.22. The van der Waals surface area contributed by atoms with Crippen molar-refractivity contribution in [2.75, 3.05) is 25.0 Å². The van der Waals surface area contributed by atoms with Gasteiger partial charge >= 0.3 is 0 Å². The number of hydrogen-bond donors (Lipinski definition) is 2. The molecule has 2 saturated heterocycles. The fourth-order valence-electron chi connectivity index (χ4n) is 6.15. The van der Waals surface area contributed by atoms with Crippen molar-refractivity contribution in [2.45, 2.75) is 52.7 Å². The third kappa shape index (κ3) is 4.31. The molecule has 0 bridgehead atoms. The highest BCUT2D eigenvalue weighted by atomic mass is 19.1. The minimum absolute atomic E-state index is 0.0829. The first-order valence-electron chi connectivity index (χ1n) is 13.1. The minimum atomic E-state index is -0.544. The van der Waals surface area contributed by atoms with E-state index in [1.54, 1.807) is 12.1 Å². The summed E-state index contributed by atoms with van der Waals surface area (Å²) < 4.78 is 31.8. The monoisotopic (exact) mass is 518 g/mol. The molecule has 0 unspecified atom stereocenters.